The molecular formula is C17H22ClNO3. The predicted octanol–water partition coefficient (Wildman–Crippen LogP) is 3.42. The van der Waals surface area contributed by atoms with E-state index in [1.165, 1.54) is 0 Å². The Bertz CT molecular complexity index is 543. The van der Waals surface area contributed by atoms with Crippen LogP contribution in [0.5, 0.6) is 0 Å². The number of nitrogens with one attached hydrogen (secondary N) is 1. The zero-order valence-electron chi connectivity index (χ0n) is 12.8. The van der Waals surface area contributed by atoms with Crippen LogP contribution in [0.15, 0.2) is 24.3 Å². The van der Waals surface area contributed by atoms with Crippen molar-refractivity contribution in [3.05, 3.63) is 34.9 Å². The van der Waals surface area contributed by atoms with Gasteiger partial charge in [-0.15, -0.1) is 0 Å². The van der Waals surface area contributed by atoms with E-state index in [1.807, 2.05) is 19.1 Å². The topological polar surface area (TPSA) is 66.4 Å². The van der Waals surface area contributed by atoms with Crippen molar-refractivity contribution in [3.8, 4) is 0 Å². The van der Waals surface area contributed by atoms with Crippen molar-refractivity contribution in [1.82, 2.24) is 5.32 Å². The first-order valence-electron chi connectivity index (χ1n) is 7.69. The molecule has 1 aromatic rings. The first-order valence-corrected chi connectivity index (χ1v) is 8.07. The number of carbonyl (C=O) groups is 2. The van der Waals surface area contributed by atoms with Gasteiger partial charge in [0.05, 0.1) is 11.5 Å². The summed E-state index contributed by atoms with van der Waals surface area (Å²) in [6, 6.07) is 7.41. The average molecular weight is 324 g/mol. The lowest BCUT2D eigenvalue weighted by atomic mass is 9.74. The summed E-state index contributed by atoms with van der Waals surface area (Å²) in [6.45, 7) is 1.85. The second kappa shape index (κ2) is 7.14. The van der Waals surface area contributed by atoms with Gasteiger partial charge in [0.1, 0.15) is 0 Å². The molecule has 2 N–H and O–H groups in total. The normalized spacial score (nSPS) is 24.7. The maximum absolute atomic E-state index is 12.2. The van der Waals surface area contributed by atoms with Gasteiger partial charge in [-0.05, 0) is 43.9 Å². The number of aryl methyl sites for hydroxylation is 1. The number of halogens is 1. The zero-order valence-corrected chi connectivity index (χ0v) is 13.5. The maximum atomic E-state index is 12.2. The van der Waals surface area contributed by atoms with Crippen molar-refractivity contribution in [1.29, 1.82) is 0 Å². The fourth-order valence-electron chi connectivity index (χ4n) is 3.17. The molecule has 1 amide bonds. The molecule has 1 fully saturated rings. The number of hydrogen-bond acceptors (Lipinski definition) is 2. The number of amides is 1. The molecule has 1 aliphatic rings. The smallest absolute Gasteiger partial charge is 0.308 e. The van der Waals surface area contributed by atoms with Crippen LogP contribution in [0.4, 0.5) is 0 Å². The van der Waals surface area contributed by atoms with E-state index < -0.39 is 17.4 Å². The highest BCUT2D eigenvalue weighted by molar-refractivity contribution is 6.30. The molecule has 0 aromatic heterocycles. The van der Waals surface area contributed by atoms with Crippen molar-refractivity contribution in [2.75, 3.05) is 0 Å². The lowest BCUT2D eigenvalue weighted by Crippen LogP contribution is -2.55. The van der Waals surface area contributed by atoms with E-state index in [0.717, 1.165) is 24.8 Å². The molecule has 2 rings (SSSR count). The third kappa shape index (κ3) is 4.23. The number of rotatable bonds is 5. The molecule has 1 saturated carbocycles. The number of carbonyl (C=O) groups excluding carboxylic acids is 1. The van der Waals surface area contributed by atoms with Crippen LogP contribution in [0.1, 0.15) is 44.6 Å². The fraction of sp³-hybridized carbons (Fsp3) is 0.529. The van der Waals surface area contributed by atoms with Gasteiger partial charge in [0.2, 0.25) is 5.91 Å². The van der Waals surface area contributed by atoms with E-state index in [0.29, 0.717) is 24.3 Å². The molecule has 1 aliphatic carbocycles. The Morgan fingerprint density at radius 3 is 2.64 bits per heavy atom. The van der Waals surface area contributed by atoms with E-state index in [4.69, 9.17) is 11.6 Å². The summed E-state index contributed by atoms with van der Waals surface area (Å²) in [6.07, 6.45) is 4.19. The Hall–Kier alpha value is -1.55. The Balaban J connectivity index is 1.92. The van der Waals surface area contributed by atoms with Crippen molar-refractivity contribution in [3.63, 3.8) is 0 Å². The first kappa shape index (κ1) is 16.8. The van der Waals surface area contributed by atoms with Gasteiger partial charge in [-0.2, -0.15) is 0 Å². The van der Waals surface area contributed by atoms with E-state index in [2.05, 4.69) is 5.32 Å². The van der Waals surface area contributed by atoms with Gasteiger partial charge in [0.15, 0.2) is 0 Å². The summed E-state index contributed by atoms with van der Waals surface area (Å²) in [5, 5.41) is 13.0. The minimum Gasteiger partial charge on any atom is -0.481 e. The van der Waals surface area contributed by atoms with Crippen LogP contribution in [0.3, 0.4) is 0 Å². The third-order valence-corrected chi connectivity index (χ3v) is 4.74. The lowest BCUT2D eigenvalue weighted by Gasteiger charge is -2.39. The molecule has 4 nitrogen and oxygen atoms in total. The second-order valence-corrected chi connectivity index (χ2v) is 6.67. The van der Waals surface area contributed by atoms with Crippen LogP contribution in [0.25, 0.3) is 0 Å². The Morgan fingerprint density at radius 2 is 2.00 bits per heavy atom. The van der Waals surface area contributed by atoms with Gasteiger partial charge >= 0.3 is 5.97 Å². The Kier molecular flexibility index (Phi) is 5.46. The van der Waals surface area contributed by atoms with Gasteiger partial charge in [-0.3, -0.25) is 9.59 Å². The summed E-state index contributed by atoms with van der Waals surface area (Å²) >= 11 is 5.83. The standard InChI is InChI=1S/C17H22ClNO3/c1-17(11-3-2-4-14(17)16(21)22)19-15(20)10-7-12-5-8-13(18)9-6-12/h5-6,8-9,14H,2-4,7,10-11H2,1H3,(H,19,20)(H,21,22). The Morgan fingerprint density at radius 1 is 1.32 bits per heavy atom. The summed E-state index contributed by atoms with van der Waals surface area (Å²) in [5.74, 6) is -1.41. The molecule has 22 heavy (non-hydrogen) atoms. The molecule has 0 aliphatic heterocycles. The van der Waals surface area contributed by atoms with Crippen LogP contribution in [0, 0.1) is 5.92 Å². The van der Waals surface area contributed by atoms with Crippen molar-refractivity contribution < 1.29 is 14.7 Å². The summed E-state index contributed by atoms with van der Waals surface area (Å²) in [4.78, 5) is 23.6. The fourth-order valence-corrected chi connectivity index (χ4v) is 3.30. The third-order valence-electron chi connectivity index (χ3n) is 4.49. The average Bonchev–Trinajstić information content (AvgIpc) is 2.46. The van der Waals surface area contributed by atoms with Crippen LogP contribution >= 0.6 is 11.6 Å². The summed E-state index contributed by atoms with van der Waals surface area (Å²) in [7, 11) is 0. The molecular weight excluding hydrogens is 302 g/mol. The predicted molar refractivity (Wildman–Crippen MR) is 85.9 cm³/mol. The quantitative estimate of drug-likeness (QED) is 0.872. The van der Waals surface area contributed by atoms with E-state index in [9.17, 15) is 14.7 Å². The van der Waals surface area contributed by atoms with Crippen LogP contribution in [0.2, 0.25) is 5.02 Å². The van der Waals surface area contributed by atoms with Crippen molar-refractivity contribution >= 4 is 23.5 Å². The molecule has 5 heteroatoms. The molecule has 2 atom stereocenters. The highest BCUT2D eigenvalue weighted by Gasteiger charge is 2.41. The van der Waals surface area contributed by atoms with Crippen molar-refractivity contribution in [2.24, 2.45) is 5.92 Å². The van der Waals surface area contributed by atoms with Crippen LogP contribution in [-0.4, -0.2) is 22.5 Å². The van der Waals surface area contributed by atoms with Crippen LogP contribution in [-0.2, 0) is 16.0 Å². The summed E-state index contributed by atoms with van der Waals surface area (Å²) in [5.41, 5.74) is 0.407. The molecule has 0 heterocycles. The van der Waals surface area contributed by atoms with Gasteiger partial charge in [-0.1, -0.05) is 36.6 Å². The molecule has 0 saturated heterocycles. The highest BCUT2D eigenvalue weighted by atomic mass is 35.5. The molecule has 120 valence electrons. The largest absolute Gasteiger partial charge is 0.481 e. The van der Waals surface area contributed by atoms with Gasteiger partial charge < -0.3 is 10.4 Å². The first-order chi connectivity index (χ1) is 10.4. The Labute approximate surface area is 135 Å². The number of benzene rings is 1. The number of hydrogen-bond donors (Lipinski definition) is 2. The number of carboxylic acid groups (broad SMARTS) is 1. The lowest BCUT2D eigenvalue weighted by molar-refractivity contribution is -0.146. The molecule has 2 unspecified atom stereocenters. The van der Waals surface area contributed by atoms with Crippen molar-refractivity contribution in [2.45, 2.75) is 51.0 Å². The van der Waals surface area contributed by atoms with E-state index >= 15 is 0 Å². The zero-order chi connectivity index (χ0) is 16.2. The minimum absolute atomic E-state index is 0.0920. The molecule has 0 spiro atoms. The monoisotopic (exact) mass is 323 g/mol. The minimum atomic E-state index is -0.819. The highest BCUT2D eigenvalue weighted by Crippen LogP contribution is 2.33. The van der Waals surface area contributed by atoms with Gasteiger partial charge in [-0.25, -0.2) is 0 Å². The molecule has 0 radical (unpaired) electrons. The number of aliphatic carboxylic acids is 1. The summed E-state index contributed by atoms with van der Waals surface area (Å²) < 4.78 is 0. The SMILES string of the molecule is CC1(NC(=O)CCc2ccc(Cl)cc2)CCCCC1C(=O)O. The molecule has 0 bridgehead atoms. The second-order valence-electron chi connectivity index (χ2n) is 6.23. The number of carboxylic acids is 1. The van der Waals surface area contributed by atoms with E-state index in [-0.39, 0.29) is 5.91 Å². The molecule has 1 aromatic carbocycles. The maximum Gasteiger partial charge on any atom is 0.308 e. The van der Waals surface area contributed by atoms with Gasteiger partial charge in [0, 0.05) is 11.4 Å². The van der Waals surface area contributed by atoms with Gasteiger partial charge in [0.25, 0.3) is 0 Å². The van der Waals surface area contributed by atoms with Crippen LogP contribution < -0.4 is 5.32 Å². The van der Waals surface area contributed by atoms with E-state index in [1.54, 1.807) is 12.1 Å².